The zero-order valence-electron chi connectivity index (χ0n) is 25.4. The molecular formula is C29H41N3O10S. The molecule has 238 valence electrons. The van der Waals surface area contributed by atoms with Crippen LogP contribution in [-0.4, -0.2) is 73.5 Å². The van der Waals surface area contributed by atoms with Crippen molar-refractivity contribution in [3.05, 3.63) is 23.8 Å². The average molecular weight is 624 g/mol. The van der Waals surface area contributed by atoms with Gasteiger partial charge >= 0.3 is 12.1 Å². The van der Waals surface area contributed by atoms with E-state index in [2.05, 4.69) is 15.4 Å². The smallest absolute Gasteiger partial charge is 0.408 e. The summed E-state index contributed by atoms with van der Waals surface area (Å²) in [7, 11) is -4.12. The molecule has 43 heavy (non-hydrogen) atoms. The van der Waals surface area contributed by atoms with Gasteiger partial charge in [-0.05, 0) is 76.0 Å². The summed E-state index contributed by atoms with van der Waals surface area (Å²) >= 11 is 0. The van der Waals surface area contributed by atoms with Gasteiger partial charge in [0.1, 0.15) is 30.6 Å². The van der Waals surface area contributed by atoms with Crippen LogP contribution in [0.5, 0.6) is 11.5 Å². The quantitative estimate of drug-likeness (QED) is 0.301. The Morgan fingerprint density at radius 3 is 2.44 bits per heavy atom. The van der Waals surface area contributed by atoms with E-state index in [1.54, 1.807) is 39.8 Å². The highest BCUT2D eigenvalue weighted by atomic mass is 32.2. The molecule has 3 aliphatic rings. The molecule has 0 saturated heterocycles. The van der Waals surface area contributed by atoms with Gasteiger partial charge in [-0.1, -0.05) is 19.9 Å². The van der Waals surface area contributed by atoms with Crippen LogP contribution in [-0.2, 0) is 35.6 Å². The first kappa shape index (κ1) is 32.5. The zero-order valence-corrected chi connectivity index (χ0v) is 26.2. The van der Waals surface area contributed by atoms with Crippen molar-refractivity contribution >= 4 is 33.8 Å². The van der Waals surface area contributed by atoms with Crippen LogP contribution in [0.1, 0.15) is 66.4 Å². The van der Waals surface area contributed by atoms with E-state index in [0.717, 1.165) is 6.42 Å². The summed E-state index contributed by atoms with van der Waals surface area (Å²) in [5, 5.41) is 14.9. The first-order valence-corrected chi connectivity index (χ1v) is 15.9. The molecule has 4 rings (SSSR count). The van der Waals surface area contributed by atoms with Crippen LogP contribution in [0.25, 0.3) is 0 Å². The van der Waals surface area contributed by atoms with Crippen LogP contribution < -0.4 is 24.8 Å². The molecule has 2 fully saturated rings. The first-order chi connectivity index (χ1) is 19.7. The molecule has 0 aromatic heterocycles. The number of ketones is 1. The molecule has 4 atom stereocenters. The Bertz CT molecular complexity index is 1420. The summed E-state index contributed by atoms with van der Waals surface area (Å²) in [6, 6.07) is 3.20. The number of carbonyl (C=O) groups excluding carboxylic acids is 3. The number of Topliss-reactive ketones (excluding diaryl/α,β-unsaturated/α-hetero) is 1. The molecule has 2 amide bonds. The first-order valence-electron chi connectivity index (χ1n) is 14.2. The van der Waals surface area contributed by atoms with Crippen molar-refractivity contribution in [3.63, 3.8) is 0 Å². The van der Waals surface area contributed by atoms with Gasteiger partial charge < -0.3 is 30.0 Å². The van der Waals surface area contributed by atoms with Crippen molar-refractivity contribution in [2.45, 2.75) is 84.6 Å². The van der Waals surface area contributed by atoms with Gasteiger partial charge in [-0.3, -0.25) is 14.4 Å². The van der Waals surface area contributed by atoms with Crippen molar-refractivity contribution in [2.75, 3.05) is 18.9 Å². The number of hydrogen-bond acceptors (Lipinski definition) is 9. The van der Waals surface area contributed by atoms with Crippen LogP contribution in [0.2, 0.25) is 0 Å². The molecule has 1 aromatic rings. The average Bonchev–Trinajstić information content (AvgIpc) is 3.20. The maximum Gasteiger partial charge on any atom is 0.408 e. The predicted octanol–water partition coefficient (Wildman–Crippen LogP) is 2.13. The Labute approximate surface area is 251 Å². The summed E-state index contributed by atoms with van der Waals surface area (Å²) < 4.78 is 45.6. The summed E-state index contributed by atoms with van der Waals surface area (Å²) in [4.78, 5) is 49.1. The van der Waals surface area contributed by atoms with E-state index in [1.165, 1.54) is 6.07 Å². The number of ether oxygens (including phenoxy) is 3. The fraction of sp³-hybridized carbons (Fsp3) is 0.655. The fourth-order valence-corrected chi connectivity index (χ4v) is 8.36. The lowest BCUT2D eigenvalue weighted by atomic mass is 9.70. The zero-order chi connectivity index (χ0) is 32.0. The van der Waals surface area contributed by atoms with E-state index in [1.807, 2.05) is 13.8 Å². The van der Waals surface area contributed by atoms with E-state index in [9.17, 15) is 32.7 Å². The number of nitrogens with one attached hydrogen (secondary N) is 3. The Morgan fingerprint density at radius 2 is 1.86 bits per heavy atom. The monoisotopic (exact) mass is 623 g/mol. The van der Waals surface area contributed by atoms with Gasteiger partial charge in [0.2, 0.25) is 21.7 Å². The van der Waals surface area contributed by atoms with Gasteiger partial charge in [-0.15, -0.1) is 0 Å². The number of carboxylic acid groups (broad SMARTS) is 1. The van der Waals surface area contributed by atoms with E-state index in [0.29, 0.717) is 18.4 Å². The van der Waals surface area contributed by atoms with E-state index < -0.39 is 61.9 Å². The van der Waals surface area contributed by atoms with E-state index in [-0.39, 0.29) is 42.8 Å². The Kier molecular flexibility index (Phi) is 8.52. The Hall–Kier alpha value is -3.39. The minimum atomic E-state index is -4.12. The SMILES string of the molecule is CC(C)(C)OC(=O)NCC(=O)NC1(C)COc2cc(C[C@@H](NS(=O)(=O)CC34CCC(CC3=O)C4(C)C)C(=O)O)ccc2O1. The lowest BCUT2D eigenvalue weighted by Gasteiger charge is -2.36. The molecule has 13 nitrogen and oxygen atoms in total. The normalized spacial score (nSPS) is 26.5. The predicted molar refractivity (Wildman–Crippen MR) is 154 cm³/mol. The maximum absolute atomic E-state index is 13.2. The Morgan fingerprint density at radius 1 is 1.16 bits per heavy atom. The number of fused-ring (bicyclic) bond motifs is 3. The van der Waals surface area contributed by atoms with Crippen molar-refractivity contribution in [1.29, 1.82) is 0 Å². The molecule has 0 radical (unpaired) electrons. The number of aliphatic carboxylic acids is 1. The molecule has 2 bridgehead atoms. The molecule has 2 saturated carbocycles. The summed E-state index contributed by atoms with van der Waals surface area (Å²) in [5.74, 6) is -1.70. The largest absolute Gasteiger partial charge is 0.483 e. The van der Waals surface area contributed by atoms with Crippen LogP contribution in [0, 0.1) is 16.7 Å². The van der Waals surface area contributed by atoms with Gasteiger partial charge in [-0.2, -0.15) is 0 Å². The molecule has 4 N–H and O–H groups in total. The Balaban J connectivity index is 1.37. The van der Waals surface area contributed by atoms with E-state index >= 15 is 0 Å². The molecule has 2 aliphatic carbocycles. The molecule has 14 heteroatoms. The van der Waals surface area contributed by atoms with Gasteiger partial charge in [0.15, 0.2) is 11.5 Å². The molecule has 1 heterocycles. The van der Waals surface area contributed by atoms with Gasteiger partial charge in [-0.25, -0.2) is 17.9 Å². The molecular weight excluding hydrogens is 582 g/mol. The topological polar surface area (TPSA) is 186 Å². The van der Waals surface area contributed by atoms with E-state index in [4.69, 9.17) is 14.2 Å². The fourth-order valence-electron chi connectivity index (χ4n) is 6.34. The molecule has 1 aromatic carbocycles. The second-order valence-electron chi connectivity index (χ2n) is 13.4. The van der Waals surface area contributed by atoms with Crippen LogP contribution >= 0.6 is 0 Å². The minimum Gasteiger partial charge on any atom is -0.483 e. The number of carboxylic acids is 1. The third kappa shape index (κ3) is 7.06. The third-order valence-electron chi connectivity index (χ3n) is 8.68. The maximum atomic E-state index is 13.2. The second-order valence-corrected chi connectivity index (χ2v) is 15.2. The van der Waals surface area contributed by atoms with Crippen molar-refractivity contribution in [1.82, 2.24) is 15.4 Å². The number of hydrogen-bond donors (Lipinski definition) is 4. The number of alkyl carbamates (subject to hydrolysis) is 1. The second kappa shape index (κ2) is 11.3. The van der Waals surface area contributed by atoms with Gasteiger partial charge in [0.05, 0.1) is 5.75 Å². The summed E-state index contributed by atoms with van der Waals surface area (Å²) in [6.07, 6.45) is 0.691. The van der Waals surface area contributed by atoms with Crippen molar-refractivity contribution < 1.29 is 46.9 Å². The number of benzene rings is 1. The number of amides is 2. The minimum absolute atomic E-state index is 0.0691. The third-order valence-corrected chi connectivity index (χ3v) is 10.2. The molecule has 3 unspecified atom stereocenters. The lowest BCUT2D eigenvalue weighted by Crippen LogP contribution is -2.58. The van der Waals surface area contributed by atoms with Crippen LogP contribution in [0.15, 0.2) is 18.2 Å². The highest BCUT2D eigenvalue weighted by Gasteiger charge is 2.65. The van der Waals surface area contributed by atoms with Gasteiger partial charge in [0, 0.05) is 11.8 Å². The number of rotatable bonds is 10. The molecule has 0 spiro atoms. The van der Waals surface area contributed by atoms with Crippen molar-refractivity contribution in [3.8, 4) is 11.5 Å². The molecule has 1 aliphatic heterocycles. The van der Waals surface area contributed by atoms with Crippen molar-refractivity contribution in [2.24, 2.45) is 16.7 Å². The standard InChI is InChI=1S/C29H41N3O10S/c1-26(2,3)42-25(37)30-14-23(34)31-28(6)15-40-21-12-17(7-8-20(21)41-28)11-19(24(35)36)32-43(38,39)16-29-10-9-18(13-22(29)33)27(29,4)5/h7-8,12,18-19,32H,9-11,13-16H2,1-6H3,(H,30,37)(H,31,34)(H,35,36)/t18?,19-,28?,29?/m1/s1. The van der Waals surface area contributed by atoms with Gasteiger partial charge in [0.25, 0.3) is 0 Å². The van der Waals surface area contributed by atoms with Crippen LogP contribution in [0.3, 0.4) is 0 Å². The number of sulfonamides is 1. The van der Waals surface area contributed by atoms with Crippen LogP contribution in [0.4, 0.5) is 4.79 Å². The highest BCUT2D eigenvalue weighted by molar-refractivity contribution is 7.89. The lowest BCUT2D eigenvalue weighted by molar-refractivity contribution is -0.139. The highest BCUT2D eigenvalue weighted by Crippen LogP contribution is 2.64. The summed E-state index contributed by atoms with van der Waals surface area (Å²) in [6.45, 7) is 10.1. The summed E-state index contributed by atoms with van der Waals surface area (Å²) in [5.41, 5.74) is -2.99. The number of carbonyl (C=O) groups is 4.